The van der Waals surface area contributed by atoms with E-state index in [-0.39, 0.29) is 12.5 Å². The van der Waals surface area contributed by atoms with Gasteiger partial charge in [0.15, 0.2) is 11.6 Å². The summed E-state index contributed by atoms with van der Waals surface area (Å²) in [6, 6.07) is 2.39. The molecule has 0 saturated heterocycles. The smallest absolute Gasteiger partial charge is 0.419 e. The van der Waals surface area contributed by atoms with Crippen LogP contribution in [0.15, 0.2) is 18.2 Å². The SMILES string of the molecule is CCCCCC(C)OC(=O)CCC(=O)Oc1cccc(C(F)(F)F)c1F. The van der Waals surface area contributed by atoms with Gasteiger partial charge in [-0.1, -0.05) is 25.8 Å². The van der Waals surface area contributed by atoms with Crippen LogP contribution >= 0.6 is 0 Å². The summed E-state index contributed by atoms with van der Waals surface area (Å²) in [7, 11) is 0. The number of rotatable bonds is 9. The standard InChI is InChI=1S/C18H22F4O4/c1-3-4-5-7-12(2)25-15(23)10-11-16(24)26-14-9-6-8-13(17(14)19)18(20,21)22/h6,8-9,12H,3-5,7,10-11H2,1-2H3. The lowest BCUT2D eigenvalue weighted by Gasteiger charge is -2.13. The maximum atomic E-state index is 13.8. The Bertz CT molecular complexity index is 614. The van der Waals surface area contributed by atoms with E-state index in [4.69, 9.17) is 4.74 Å². The average Bonchev–Trinajstić information content (AvgIpc) is 2.54. The first kappa shape index (κ1) is 21.9. The number of carbonyl (C=O) groups is 2. The van der Waals surface area contributed by atoms with Crippen molar-refractivity contribution in [2.75, 3.05) is 0 Å². The van der Waals surface area contributed by atoms with Crippen LogP contribution in [0.4, 0.5) is 17.6 Å². The molecule has 1 rings (SSSR count). The third kappa shape index (κ3) is 7.41. The second kappa shape index (κ2) is 10.1. The van der Waals surface area contributed by atoms with Gasteiger partial charge in [0.1, 0.15) is 0 Å². The fourth-order valence-electron chi connectivity index (χ4n) is 2.21. The van der Waals surface area contributed by atoms with Crippen LogP contribution in [0.1, 0.15) is 57.9 Å². The summed E-state index contributed by atoms with van der Waals surface area (Å²) in [5, 5.41) is 0. The van der Waals surface area contributed by atoms with Gasteiger partial charge < -0.3 is 9.47 Å². The Kier molecular flexibility index (Phi) is 8.54. The van der Waals surface area contributed by atoms with E-state index in [1.54, 1.807) is 6.92 Å². The predicted octanol–water partition coefficient (Wildman–Crippen LogP) is 5.04. The molecule has 4 nitrogen and oxygen atoms in total. The number of halogens is 4. The minimum absolute atomic E-state index is 0.286. The summed E-state index contributed by atoms with van der Waals surface area (Å²) in [5.41, 5.74) is -1.52. The Morgan fingerprint density at radius 2 is 1.77 bits per heavy atom. The van der Waals surface area contributed by atoms with Gasteiger partial charge in [-0.05, 0) is 31.9 Å². The van der Waals surface area contributed by atoms with Crippen LogP contribution in [0.3, 0.4) is 0 Å². The van der Waals surface area contributed by atoms with E-state index in [1.807, 2.05) is 0 Å². The zero-order valence-electron chi connectivity index (χ0n) is 14.7. The lowest BCUT2D eigenvalue weighted by molar-refractivity contribution is -0.151. The molecule has 0 fully saturated rings. The summed E-state index contributed by atoms with van der Waals surface area (Å²) in [6.45, 7) is 3.79. The summed E-state index contributed by atoms with van der Waals surface area (Å²) in [5.74, 6) is -4.12. The zero-order valence-corrected chi connectivity index (χ0v) is 14.7. The molecule has 1 unspecified atom stereocenters. The first-order chi connectivity index (χ1) is 12.1. The third-order valence-electron chi connectivity index (χ3n) is 3.57. The van der Waals surface area contributed by atoms with Gasteiger partial charge in [-0.2, -0.15) is 13.2 Å². The minimum Gasteiger partial charge on any atom is -0.463 e. The largest absolute Gasteiger partial charge is 0.463 e. The maximum absolute atomic E-state index is 13.8. The lowest BCUT2D eigenvalue weighted by atomic mass is 10.1. The molecule has 0 radical (unpaired) electrons. The molecule has 1 aromatic rings. The highest BCUT2D eigenvalue weighted by Crippen LogP contribution is 2.34. The second-order valence-corrected chi connectivity index (χ2v) is 5.89. The Morgan fingerprint density at radius 3 is 2.38 bits per heavy atom. The first-order valence-corrected chi connectivity index (χ1v) is 8.41. The van der Waals surface area contributed by atoms with Gasteiger partial charge in [0, 0.05) is 0 Å². The van der Waals surface area contributed by atoms with E-state index < -0.39 is 41.7 Å². The molecule has 0 saturated carbocycles. The summed E-state index contributed by atoms with van der Waals surface area (Å²) in [6.07, 6.45) is -2.21. The Hall–Kier alpha value is -2.12. The summed E-state index contributed by atoms with van der Waals surface area (Å²) in [4.78, 5) is 23.3. The Balaban J connectivity index is 2.49. The van der Waals surface area contributed by atoms with Crippen molar-refractivity contribution in [1.82, 2.24) is 0 Å². The molecule has 0 spiro atoms. The fourth-order valence-corrected chi connectivity index (χ4v) is 2.21. The monoisotopic (exact) mass is 378 g/mol. The zero-order chi connectivity index (χ0) is 19.7. The van der Waals surface area contributed by atoms with Crippen LogP contribution in [0.25, 0.3) is 0 Å². The highest BCUT2D eigenvalue weighted by atomic mass is 19.4. The van der Waals surface area contributed by atoms with Crippen molar-refractivity contribution >= 4 is 11.9 Å². The number of hydrogen-bond donors (Lipinski definition) is 0. The van der Waals surface area contributed by atoms with Gasteiger partial charge >= 0.3 is 18.1 Å². The molecule has 8 heteroatoms. The lowest BCUT2D eigenvalue weighted by Crippen LogP contribution is -2.18. The maximum Gasteiger partial charge on any atom is 0.419 e. The van der Waals surface area contributed by atoms with Crippen molar-refractivity contribution in [3.05, 3.63) is 29.6 Å². The van der Waals surface area contributed by atoms with Crippen molar-refractivity contribution in [2.24, 2.45) is 0 Å². The van der Waals surface area contributed by atoms with E-state index in [0.29, 0.717) is 12.5 Å². The number of alkyl halides is 3. The van der Waals surface area contributed by atoms with E-state index in [1.165, 1.54) is 0 Å². The molecule has 0 aromatic heterocycles. The van der Waals surface area contributed by atoms with Crippen molar-refractivity contribution in [3.63, 3.8) is 0 Å². The molecule has 0 N–H and O–H groups in total. The van der Waals surface area contributed by atoms with Crippen LogP contribution in [-0.2, 0) is 20.5 Å². The molecule has 0 amide bonds. The third-order valence-corrected chi connectivity index (χ3v) is 3.57. The van der Waals surface area contributed by atoms with Gasteiger partial charge in [-0.3, -0.25) is 9.59 Å². The van der Waals surface area contributed by atoms with E-state index in [9.17, 15) is 27.2 Å². The first-order valence-electron chi connectivity index (χ1n) is 8.41. The molecule has 1 aromatic carbocycles. The van der Waals surface area contributed by atoms with E-state index in [0.717, 1.165) is 31.4 Å². The number of carbonyl (C=O) groups excluding carboxylic acids is 2. The quantitative estimate of drug-likeness (QED) is 0.261. The topological polar surface area (TPSA) is 52.6 Å². The number of ether oxygens (including phenoxy) is 2. The number of hydrogen-bond acceptors (Lipinski definition) is 4. The van der Waals surface area contributed by atoms with Crippen molar-refractivity contribution in [3.8, 4) is 5.75 Å². The Morgan fingerprint density at radius 1 is 1.12 bits per heavy atom. The fraction of sp³-hybridized carbons (Fsp3) is 0.556. The highest BCUT2D eigenvalue weighted by Gasteiger charge is 2.35. The minimum atomic E-state index is -4.90. The number of benzene rings is 1. The van der Waals surface area contributed by atoms with Crippen LogP contribution < -0.4 is 4.74 Å². The molecule has 146 valence electrons. The molecule has 1 atom stereocenters. The van der Waals surface area contributed by atoms with Crippen LogP contribution in [-0.4, -0.2) is 18.0 Å². The summed E-state index contributed by atoms with van der Waals surface area (Å²) >= 11 is 0. The van der Waals surface area contributed by atoms with Gasteiger partial charge in [-0.15, -0.1) is 0 Å². The van der Waals surface area contributed by atoms with Gasteiger partial charge in [0.2, 0.25) is 0 Å². The van der Waals surface area contributed by atoms with Gasteiger partial charge in [0.05, 0.1) is 24.5 Å². The van der Waals surface area contributed by atoms with Crippen LogP contribution in [0, 0.1) is 5.82 Å². The molecular formula is C18H22F4O4. The van der Waals surface area contributed by atoms with E-state index in [2.05, 4.69) is 11.7 Å². The normalized spacial score (nSPS) is 12.5. The molecule has 0 aliphatic carbocycles. The summed E-state index contributed by atoms with van der Waals surface area (Å²) < 4.78 is 61.3. The van der Waals surface area contributed by atoms with Crippen molar-refractivity contribution in [2.45, 2.75) is 64.7 Å². The van der Waals surface area contributed by atoms with E-state index >= 15 is 0 Å². The van der Waals surface area contributed by atoms with Gasteiger partial charge in [0.25, 0.3) is 0 Å². The molecule has 0 aliphatic heterocycles. The number of unbranched alkanes of at least 4 members (excludes halogenated alkanes) is 2. The van der Waals surface area contributed by atoms with Crippen LogP contribution in [0.5, 0.6) is 5.75 Å². The van der Waals surface area contributed by atoms with Crippen molar-refractivity contribution in [1.29, 1.82) is 0 Å². The predicted molar refractivity (Wildman–Crippen MR) is 86.0 cm³/mol. The molecule has 0 aliphatic rings. The highest BCUT2D eigenvalue weighted by molar-refractivity contribution is 5.79. The Labute approximate surface area is 149 Å². The van der Waals surface area contributed by atoms with Crippen LogP contribution in [0.2, 0.25) is 0 Å². The number of esters is 2. The average molecular weight is 378 g/mol. The van der Waals surface area contributed by atoms with Gasteiger partial charge in [-0.25, -0.2) is 4.39 Å². The second-order valence-electron chi connectivity index (χ2n) is 5.89. The molecule has 0 heterocycles. The van der Waals surface area contributed by atoms with Crippen molar-refractivity contribution < 1.29 is 36.6 Å². The molecular weight excluding hydrogens is 356 g/mol. The molecule has 0 bridgehead atoms. The molecule has 26 heavy (non-hydrogen) atoms.